The molecule has 12 rings (SSSR count). The molecule has 306 valence electrons. The number of hydrogen-bond donors (Lipinski definition) is 0. The second-order valence-electron chi connectivity index (χ2n) is 19.8. The van der Waals surface area contributed by atoms with Crippen LogP contribution in [0.25, 0.3) is 66.1 Å². The first-order chi connectivity index (χ1) is 30.4. The number of benzene rings is 9. The van der Waals surface area contributed by atoms with Crippen LogP contribution in [0, 0.1) is 0 Å². The predicted octanol–water partition coefficient (Wildman–Crippen LogP) is 16.1. The first kappa shape index (κ1) is 37.8. The molecule has 2 nitrogen and oxygen atoms in total. The zero-order chi connectivity index (χ0) is 43.2. The number of hydrogen-bond acceptors (Lipinski definition) is 2. The van der Waals surface area contributed by atoms with Crippen LogP contribution in [-0.2, 0) is 16.2 Å². The zero-order valence-electron chi connectivity index (χ0n) is 37.6. The van der Waals surface area contributed by atoms with Gasteiger partial charge in [0.1, 0.15) is 0 Å². The molecule has 0 bridgehead atoms. The van der Waals surface area contributed by atoms with E-state index in [9.17, 15) is 0 Å². The Morgan fingerprint density at radius 2 is 0.651 bits per heavy atom. The van der Waals surface area contributed by atoms with E-state index in [0.29, 0.717) is 0 Å². The van der Waals surface area contributed by atoms with Crippen LogP contribution in [0.3, 0.4) is 0 Å². The SMILES string of the molecule is CN1c2ccccc2C(C)(C)c2cccc(-c3cccc4c(-c5cccc6c5-c5ccccc5C6(C)C)c5cccc(-c6cccc7c6N(C)c6ccccc6C7(C)C)c5cc34)c21. The molecule has 0 spiro atoms. The highest BCUT2D eigenvalue weighted by Gasteiger charge is 2.40. The molecule has 3 aliphatic rings. The van der Waals surface area contributed by atoms with Crippen LogP contribution in [0.5, 0.6) is 0 Å². The second-order valence-corrected chi connectivity index (χ2v) is 19.8. The van der Waals surface area contributed by atoms with Crippen molar-refractivity contribution in [2.45, 2.75) is 57.8 Å². The quantitative estimate of drug-likeness (QED) is 0.164. The third-order valence-corrected chi connectivity index (χ3v) is 15.5. The Morgan fingerprint density at radius 1 is 0.286 bits per heavy atom. The highest BCUT2D eigenvalue weighted by atomic mass is 15.1. The van der Waals surface area contributed by atoms with Gasteiger partial charge in [-0.25, -0.2) is 0 Å². The van der Waals surface area contributed by atoms with Crippen molar-refractivity contribution in [3.63, 3.8) is 0 Å². The first-order valence-electron chi connectivity index (χ1n) is 22.6. The molecule has 0 aromatic heterocycles. The highest BCUT2D eigenvalue weighted by molar-refractivity contribution is 6.21. The second kappa shape index (κ2) is 13.1. The molecule has 2 aliphatic heterocycles. The summed E-state index contributed by atoms with van der Waals surface area (Å²) < 4.78 is 0. The molecule has 0 saturated carbocycles. The van der Waals surface area contributed by atoms with E-state index in [-0.39, 0.29) is 16.2 Å². The van der Waals surface area contributed by atoms with Gasteiger partial charge < -0.3 is 9.80 Å². The smallest absolute Gasteiger partial charge is 0.0529 e. The lowest BCUT2D eigenvalue weighted by Gasteiger charge is -2.41. The van der Waals surface area contributed by atoms with Gasteiger partial charge in [-0.1, -0.05) is 193 Å². The van der Waals surface area contributed by atoms with Gasteiger partial charge in [-0.2, -0.15) is 0 Å². The predicted molar refractivity (Wildman–Crippen MR) is 269 cm³/mol. The minimum absolute atomic E-state index is 0.119. The highest BCUT2D eigenvalue weighted by Crippen LogP contribution is 2.57. The van der Waals surface area contributed by atoms with Crippen LogP contribution in [0.1, 0.15) is 74.9 Å². The summed E-state index contributed by atoms with van der Waals surface area (Å²) in [6.45, 7) is 14.3. The minimum Gasteiger partial charge on any atom is -0.344 e. The molecule has 0 radical (unpaired) electrons. The molecular weight excluding hydrogens is 761 g/mol. The summed E-state index contributed by atoms with van der Waals surface area (Å²) in [5.74, 6) is 0. The van der Waals surface area contributed by atoms with E-state index < -0.39 is 0 Å². The fraction of sp³-hybridized carbons (Fsp3) is 0.180. The fourth-order valence-corrected chi connectivity index (χ4v) is 12.3. The van der Waals surface area contributed by atoms with Crippen molar-refractivity contribution in [2.75, 3.05) is 23.9 Å². The van der Waals surface area contributed by atoms with Gasteiger partial charge in [0.25, 0.3) is 0 Å². The minimum atomic E-state index is -0.167. The van der Waals surface area contributed by atoms with Crippen molar-refractivity contribution >= 4 is 44.3 Å². The van der Waals surface area contributed by atoms with E-state index in [2.05, 4.69) is 235 Å². The summed E-state index contributed by atoms with van der Waals surface area (Å²) in [5, 5.41) is 5.06. The lowest BCUT2D eigenvalue weighted by Crippen LogP contribution is -2.31. The standard InChI is InChI=1S/C61H52N2/c1-59(2)47-28-10-9-20-43(47)56-44(27-19-31-50(56)59)55-39-23-15-21-37(41-25-17-32-51-57(41)62(7)53-34-13-11-29-48(53)60(51,3)4)45(39)36-46-38(22-16-24-40(46)55)42-26-18-33-52-58(42)63(8)54-35-14-12-30-49(54)61(52,5)6/h9-36H,1-8H3. The van der Waals surface area contributed by atoms with Crippen LogP contribution in [0.2, 0.25) is 0 Å². The molecule has 2 heterocycles. The molecule has 63 heavy (non-hydrogen) atoms. The van der Waals surface area contributed by atoms with Gasteiger partial charge in [0.15, 0.2) is 0 Å². The van der Waals surface area contributed by atoms with Gasteiger partial charge in [-0.3, -0.25) is 0 Å². The molecular formula is C61H52N2. The van der Waals surface area contributed by atoms with Gasteiger partial charge in [0.05, 0.1) is 11.4 Å². The maximum Gasteiger partial charge on any atom is 0.0529 e. The van der Waals surface area contributed by atoms with Crippen molar-refractivity contribution in [3.8, 4) is 44.5 Å². The molecule has 0 N–H and O–H groups in total. The van der Waals surface area contributed by atoms with E-state index in [1.54, 1.807) is 0 Å². The average molecular weight is 813 g/mol. The summed E-state index contributed by atoms with van der Waals surface area (Å²) in [6, 6.07) is 64.6. The Balaban J connectivity index is 1.21. The van der Waals surface area contributed by atoms with Crippen LogP contribution < -0.4 is 9.80 Å². The molecule has 0 amide bonds. The maximum absolute atomic E-state index is 2.53. The molecule has 0 unspecified atom stereocenters. The fourth-order valence-electron chi connectivity index (χ4n) is 12.3. The van der Waals surface area contributed by atoms with Crippen molar-refractivity contribution in [3.05, 3.63) is 203 Å². The molecule has 2 heteroatoms. The molecule has 0 atom stereocenters. The van der Waals surface area contributed by atoms with Gasteiger partial charge in [0, 0.05) is 52.8 Å². The third-order valence-electron chi connectivity index (χ3n) is 15.5. The summed E-state index contributed by atoms with van der Waals surface area (Å²) in [7, 11) is 4.50. The summed E-state index contributed by atoms with van der Waals surface area (Å²) >= 11 is 0. The van der Waals surface area contributed by atoms with Crippen molar-refractivity contribution in [1.29, 1.82) is 0 Å². The van der Waals surface area contributed by atoms with E-state index in [1.165, 1.54) is 122 Å². The molecule has 9 aromatic carbocycles. The Bertz CT molecular complexity index is 3240. The van der Waals surface area contributed by atoms with E-state index >= 15 is 0 Å². The number of anilines is 4. The van der Waals surface area contributed by atoms with Crippen LogP contribution >= 0.6 is 0 Å². The molecule has 0 fully saturated rings. The monoisotopic (exact) mass is 812 g/mol. The van der Waals surface area contributed by atoms with Crippen LogP contribution in [0.4, 0.5) is 22.7 Å². The van der Waals surface area contributed by atoms with Gasteiger partial charge >= 0.3 is 0 Å². The van der Waals surface area contributed by atoms with Crippen LogP contribution in [-0.4, -0.2) is 14.1 Å². The van der Waals surface area contributed by atoms with Crippen molar-refractivity contribution in [2.24, 2.45) is 0 Å². The van der Waals surface area contributed by atoms with Crippen LogP contribution in [0.15, 0.2) is 170 Å². The summed E-state index contributed by atoms with van der Waals surface area (Å²) in [4.78, 5) is 4.87. The number of rotatable bonds is 3. The third kappa shape index (κ3) is 5.01. The molecule has 1 aliphatic carbocycles. The maximum atomic E-state index is 2.53. The number of nitrogens with zero attached hydrogens (tertiary/aromatic N) is 2. The molecule has 9 aromatic rings. The number of para-hydroxylation sites is 4. The Morgan fingerprint density at radius 3 is 1.17 bits per heavy atom. The van der Waals surface area contributed by atoms with E-state index in [0.717, 1.165) is 0 Å². The van der Waals surface area contributed by atoms with Gasteiger partial charge in [-0.05, 0) is 107 Å². The normalized spacial score (nSPS) is 15.9. The Labute approximate surface area is 372 Å². The average Bonchev–Trinajstić information content (AvgIpc) is 3.54. The van der Waals surface area contributed by atoms with Crippen molar-refractivity contribution < 1.29 is 0 Å². The Kier molecular flexibility index (Phi) is 7.85. The first-order valence-corrected chi connectivity index (χ1v) is 22.6. The largest absolute Gasteiger partial charge is 0.344 e. The lowest BCUT2D eigenvalue weighted by atomic mass is 9.72. The van der Waals surface area contributed by atoms with Gasteiger partial charge in [0.2, 0.25) is 0 Å². The lowest BCUT2D eigenvalue weighted by molar-refractivity contribution is 0.630. The van der Waals surface area contributed by atoms with E-state index in [1.807, 2.05) is 0 Å². The summed E-state index contributed by atoms with van der Waals surface area (Å²) in [5.41, 5.74) is 23.1. The van der Waals surface area contributed by atoms with Gasteiger partial charge in [-0.15, -0.1) is 0 Å². The Hall–Kier alpha value is -6.90. The van der Waals surface area contributed by atoms with Crippen molar-refractivity contribution in [1.82, 2.24) is 0 Å². The number of fused-ring (bicyclic) bond motifs is 9. The topological polar surface area (TPSA) is 6.48 Å². The summed E-state index contributed by atoms with van der Waals surface area (Å²) in [6.07, 6.45) is 0. The molecule has 0 saturated heterocycles. The zero-order valence-corrected chi connectivity index (χ0v) is 37.6. The van der Waals surface area contributed by atoms with E-state index in [4.69, 9.17) is 0 Å².